The van der Waals surface area contributed by atoms with Crippen molar-refractivity contribution in [2.75, 3.05) is 0 Å². The molecule has 0 radical (unpaired) electrons. The van der Waals surface area contributed by atoms with Gasteiger partial charge in [0, 0.05) is 13.1 Å². The number of aliphatic hydroxyl groups is 1. The molecule has 0 atom stereocenters. The van der Waals surface area contributed by atoms with Crippen LogP contribution in [0.3, 0.4) is 0 Å². The van der Waals surface area contributed by atoms with Gasteiger partial charge in [-0.25, -0.2) is 9.67 Å². The summed E-state index contributed by atoms with van der Waals surface area (Å²) in [6.45, 7) is 1.79. The molecule has 0 spiro atoms. The summed E-state index contributed by atoms with van der Waals surface area (Å²) in [5.41, 5.74) is 1.79. The summed E-state index contributed by atoms with van der Waals surface area (Å²) in [5.74, 6) is -0.862. The minimum atomic E-state index is -0.476. The monoisotopic (exact) mass is 309 g/mol. The van der Waals surface area contributed by atoms with E-state index in [1.165, 1.54) is 22.9 Å². The summed E-state index contributed by atoms with van der Waals surface area (Å²) >= 11 is 0. The topological polar surface area (TPSA) is 76.6 Å². The molecule has 0 saturated carbocycles. The molecule has 0 bridgehead atoms. The van der Waals surface area contributed by atoms with Gasteiger partial charge in [-0.05, 0) is 31.2 Å². The van der Waals surface area contributed by atoms with Gasteiger partial charge < -0.3 is 5.11 Å². The SMILES string of the molecule is Cc1c(/N=C2/C=CC(=O)C(O)=C2)c(=O)n(-c2ccccc2)n1C. The first-order valence-electron chi connectivity index (χ1n) is 7.05. The highest BCUT2D eigenvalue weighted by Gasteiger charge is 2.17. The largest absolute Gasteiger partial charge is 0.504 e. The maximum Gasteiger partial charge on any atom is 0.297 e. The summed E-state index contributed by atoms with van der Waals surface area (Å²) < 4.78 is 3.24. The van der Waals surface area contributed by atoms with Crippen LogP contribution in [0.4, 0.5) is 5.69 Å². The van der Waals surface area contributed by atoms with Crippen LogP contribution in [0.25, 0.3) is 5.69 Å². The number of carbonyl (C=O) groups excluding carboxylic acids is 1. The molecule has 6 heteroatoms. The van der Waals surface area contributed by atoms with Gasteiger partial charge in [0.05, 0.1) is 17.1 Å². The lowest BCUT2D eigenvalue weighted by atomic mass is 10.1. The highest BCUT2D eigenvalue weighted by atomic mass is 16.3. The molecule has 3 rings (SSSR count). The predicted octanol–water partition coefficient (Wildman–Crippen LogP) is 2.14. The van der Waals surface area contributed by atoms with Crippen molar-refractivity contribution in [3.05, 3.63) is 70.4 Å². The van der Waals surface area contributed by atoms with Gasteiger partial charge in [-0.1, -0.05) is 18.2 Å². The van der Waals surface area contributed by atoms with E-state index in [2.05, 4.69) is 4.99 Å². The van der Waals surface area contributed by atoms with Crippen LogP contribution in [0, 0.1) is 6.92 Å². The minimum absolute atomic E-state index is 0.262. The van der Waals surface area contributed by atoms with Crippen molar-refractivity contribution >= 4 is 17.2 Å². The Bertz CT molecular complexity index is 928. The van der Waals surface area contributed by atoms with E-state index in [1.807, 2.05) is 30.3 Å². The molecule has 0 fully saturated rings. The average Bonchev–Trinajstić information content (AvgIpc) is 2.75. The second-order valence-corrected chi connectivity index (χ2v) is 5.17. The first-order valence-corrected chi connectivity index (χ1v) is 7.05. The number of nitrogens with zero attached hydrogens (tertiary/aromatic N) is 3. The fraction of sp³-hybridized carbons (Fsp3) is 0.118. The zero-order valence-electron chi connectivity index (χ0n) is 12.7. The Balaban J connectivity index is 2.15. The Morgan fingerprint density at radius 1 is 1.09 bits per heavy atom. The fourth-order valence-electron chi connectivity index (χ4n) is 2.39. The van der Waals surface area contributed by atoms with Gasteiger partial charge in [-0.3, -0.25) is 14.3 Å². The fourth-order valence-corrected chi connectivity index (χ4v) is 2.39. The lowest BCUT2D eigenvalue weighted by molar-refractivity contribution is -0.113. The molecule has 1 N–H and O–H groups in total. The van der Waals surface area contributed by atoms with Crippen LogP contribution in [0.15, 0.2) is 64.1 Å². The van der Waals surface area contributed by atoms with E-state index >= 15 is 0 Å². The predicted molar refractivity (Wildman–Crippen MR) is 87.7 cm³/mol. The van der Waals surface area contributed by atoms with E-state index in [0.29, 0.717) is 11.4 Å². The molecule has 6 nitrogen and oxygen atoms in total. The highest BCUT2D eigenvalue weighted by molar-refractivity contribution is 6.18. The van der Waals surface area contributed by atoms with E-state index < -0.39 is 5.78 Å². The number of hydrogen-bond acceptors (Lipinski definition) is 4. The maximum atomic E-state index is 12.7. The second-order valence-electron chi connectivity index (χ2n) is 5.17. The molecule has 0 unspecified atom stereocenters. The number of aliphatic imine (C=N–C) groups is 1. The third-order valence-corrected chi connectivity index (χ3v) is 3.71. The lowest BCUT2D eigenvalue weighted by Gasteiger charge is -2.07. The highest BCUT2D eigenvalue weighted by Crippen LogP contribution is 2.18. The smallest absolute Gasteiger partial charge is 0.297 e. The summed E-state index contributed by atoms with van der Waals surface area (Å²) in [4.78, 5) is 28.2. The van der Waals surface area contributed by atoms with Gasteiger partial charge in [0.1, 0.15) is 0 Å². The maximum absolute atomic E-state index is 12.7. The molecule has 1 heterocycles. The molecule has 0 amide bonds. The number of para-hydroxylation sites is 1. The standard InChI is InChI=1S/C17H15N3O3/c1-11-16(18-12-8-9-14(21)15(22)10-12)17(23)20(19(11)2)13-6-4-3-5-7-13/h3-10,22H,1-2H3/b18-12-. The van der Waals surface area contributed by atoms with Crippen molar-refractivity contribution in [1.29, 1.82) is 0 Å². The van der Waals surface area contributed by atoms with E-state index in [1.54, 1.807) is 18.7 Å². The van der Waals surface area contributed by atoms with Crippen molar-refractivity contribution in [2.24, 2.45) is 12.0 Å². The third-order valence-electron chi connectivity index (χ3n) is 3.71. The Morgan fingerprint density at radius 3 is 2.43 bits per heavy atom. The Morgan fingerprint density at radius 2 is 1.78 bits per heavy atom. The van der Waals surface area contributed by atoms with Gasteiger partial charge >= 0.3 is 0 Å². The van der Waals surface area contributed by atoms with Crippen molar-refractivity contribution in [1.82, 2.24) is 9.36 Å². The number of hydrogen-bond donors (Lipinski definition) is 1. The number of allylic oxidation sites excluding steroid dienone is 3. The van der Waals surface area contributed by atoms with Gasteiger partial charge in [-0.15, -0.1) is 0 Å². The second kappa shape index (κ2) is 5.57. The van der Waals surface area contributed by atoms with E-state index in [4.69, 9.17) is 0 Å². The van der Waals surface area contributed by atoms with Gasteiger partial charge in [0.2, 0.25) is 5.78 Å². The molecule has 1 aromatic carbocycles. The number of rotatable bonds is 2. The average molecular weight is 309 g/mol. The van der Waals surface area contributed by atoms with Crippen LogP contribution >= 0.6 is 0 Å². The molecular weight excluding hydrogens is 294 g/mol. The zero-order chi connectivity index (χ0) is 16.6. The number of ketones is 1. The third kappa shape index (κ3) is 2.55. The van der Waals surface area contributed by atoms with Gasteiger partial charge in [0.15, 0.2) is 11.4 Å². The molecular formula is C17H15N3O3. The summed E-state index contributed by atoms with van der Waals surface area (Å²) in [6.07, 6.45) is 3.95. The van der Waals surface area contributed by atoms with Crippen molar-refractivity contribution in [3.63, 3.8) is 0 Å². The van der Waals surface area contributed by atoms with Crippen molar-refractivity contribution in [2.45, 2.75) is 6.92 Å². The molecule has 2 aromatic rings. The molecule has 1 aromatic heterocycles. The number of aromatic nitrogens is 2. The van der Waals surface area contributed by atoms with Crippen LogP contribution in [0.5, 0.6) is 0 Å². The molecule has 1 aliphatic rings. The molecule has 1 aliphatic carbocycles. The van der Waals surface area contributed by atoms with Crippen molar-refractivity contribution in [3.8, 4) is 5.69 Å². The van der Waals surface area contributed by atoms with E-state index in [9.17, 15) is 14.7 Å². The lowest BCUT2D eigenvalue weighted by Crippen LogP contribution is -2.19. The Labute approximate surface area is 132 Å². The zero-order valence-corrected chi connectivity index (χ0v) is 12.7. The first kappa shape index (κ1) is 14.8. The Hall–Kier alpha value is -3.15. The Kier molecular flexibility index (Phi) is 3.57. The van der Waals surface area contributed by atoms with Gasteiger partial charge in [0.25, 0.3) is 5.56 Å². The number of benzene rings is 1. The van der Waals surface area contributed by atoms with Crippen LogP contribution in [-0.4, -0.2) is 26.0 Å². The summed E-state index contributed by atoms with van der Waals surface area (Å²) in [5, 5.41) is 9.49. The van der Waals surface area contributed by atoms with Crippen LogP contribution in [0.2, 0.25) is 0 Å². The summed E-state index contributed by atoms with van der Waals surface area (Å²) in [6, 6.07) is 9.26. The molecule has 23 heavy (non-hydrogen) atoms. The number of aliphatic hydroxyl groups excluding tert-OH is 1. The van der Waals surface area contributed by atoms with Crippen LogP contribution in [0.1, 0.15) is 5.69 Å². The van der Waals surface area contributed by atoms with E-state index in [0.717, 1.165) is 5.69 Å². The minimum Gasteiger partial charge on any atom is -0.504 e. The normalized spacial score (nSPS) is 16.0. The molecule has 0 aliphatic heterocycles. The molecule has 116 valence electrons. The van der Waals surface area contributed by atoms with Gasteiger partial charge in [-0.2, -0.15) is 0 Å². The van der Waals surface area contributed by atoms with Crippen LogP contribution in [-0.2, 0) is 11.8 Å². The van der Waals surface area contributed by atoms with Crippen LogP contribution < -0.4 is 5.56 Å². The number of carbonyl (C=O) groups is 1. The van der Waals surface area contributed by atoms with Crippen molar-refractivity contribution < 1.29 is 9.90 Å². The molecule has 0 saturated heterocycles. The first-order chi connectivity index (χ1) is 11.0. The quantitative estimate of drug-likeness (QED) is 0.863. The summed E-state index contributed by atoms with van der Waals surface area (Å²) in [7, 11) is 1.78. The van der Waals surface area contributed by atoms with E-state index in [-0.39, 0.29) is 17.0 Å².